The van der Waals surface area contributed by atoms with Crippen molar-refractivity contribution >= 4 is 40.5 Å². The summed E-state index contributed by atoms with van der Waals surface area (Å²) in [7, 11) is 0. The molecule has 0 radical (unpaired) electrons. The third-order valence-electron chi connectivity index (χ3n) is 3.95. The number of amides is 2. The Morgan fingerprint density at radius 3 is 2.22 bits per heavy atom. The Morgan fingerprint density at radius 1 is 1.00 bits per heavy atom. The molecule has 2 rings (SSSR count). The number of benzene rings is 2. The Balaban J connectivity index is 1.94. The second-order valence-corrected chi connectivity index (χ2v) is 6.97. The van der Waals surface area contributed by atoms with Crippen molar-refractivity contribution in [2.24, 2.45) is 0 Å². The van der Waals surface area contributed by atoms with Crippen LogP contribution in [0.5, 0.6) is 0 Å². The van der Waals surface area contributed by atoms with E-state index >= 15 is 0 Å². The molecule has 0 heterocycles. The van der Waals surface area contributed by atoms with Crippen molar-refractivity contribution in [3.05, 3.63) is 59.7 Å². The van der Waals surface area contributed by atoms with Gasteiger partial charge in [-0.25, -0.2) is 0 Å². The number of nitrogens with one attached hydrogen (secondary N) is 3. The quantitative estimate of drug-likeness (QED) is 0.634. The molecule has 0 spiro atoms. The number of hydrogen-bond acceptors (Lipinski definition) is 3. The zero-order valence-electron chi connectivity index (χ0n) is 15.8. The average molecular weight is 384 g/mol. The Morgan fingerprint density at radius 2 is 1.63 bits per heavy atom. The van der Waals surface area contributed by atoms with E-state index in [4.69, 9.17) is 12.2 Å². The van der Waals surface area contributed by atoms with Gasteiger partial charge in [-0.3, -0.25) is 14.9 Å². The van der Waals surface area contributed by atoms with Gasteiger partial charge in [0.2, 0.25) is 5.91 Å². The van der Waals surface area contributed by atoms with Gasteiger partial charge >= 0.3 is 0 Å². The molecule has 0 bridgehead atoms. The van der Waals surface area contributed by atoms with Crippen molar-refractivity contribution in [1.82, 2.24) is 5.32 Å². The van der Waals surface area contributed by atoms with Crippen LogP contribution in [0.3, 0.4) is 0 Å². The predicted octanol–water partition coefficient (Wildman–Crippen LogP) is 4.68. The lowest BCUT2D eigenvalue weighted by Crippen LogP contribution is -2.34. The molecule has 0 saturated carbocycles. The van der Waals surface area contributed by atoms with Gasteiger partial charge in [0.1, 0.15) is 0 Å². The highest BCUT2D eigenvalue weighted by Gasteiger charge is 2.09. The molecular weight excluding hydrogens is 358 g/mol. The van der Waals surface area contributed by atoms with E-state index in [0.29, 0.717) is 29.3 Å². The monoisotopic (exact) mass is 383 g/mol. The first-order valence-corrected chi connectivity index (χ1v) is 9.42. The normalized spacial score (nSPS) is 10.4. The molecule has 0 aromatic heterocycles. The van der Waals surface area contributed by atoms with E-state index in [1.165, 1.54) is 5.56 Å². The van der Waals surface area contributed by atoms with Crippen LogP contribution in [-0.2, 0) is 4.79 Å². The molecule has 6 heteroatoms. The van der Waals surface area contributed by atoms with Gasteiger partial charge in [-0.05, 0) is 60.5 Å². The third kappa shape index (κ3) is 6.49. The number of carbonyl (C=O) groups excluding carboxylic acids is 2. The fourth-order valence-corrected chi connectivity index (χ4v) is 2.69. The number of carbonyl (C=O) groups is 2. The molecule has 0 atom stereocenters. The van der Waals surface area contributed by atoms with Gasteiger partial charge in [-0.15, -0.1) is 0 Å². The van der Waals surface area contributed by atoms with Crippen LogP contribution in [0.2, 0.25) is 0 Å². The van der Waals surface area contributed by atoms with Crippen LogP contribution in [0.25, 0.3) is 0 Å². The summed E-state index contributed by atoms with van der Waals surface area (Å²) < 4.78 is 0. The maximum atomic E-state index is 12.3. The second kappa shape index (κ2) is 9.83. The number of thiocarbonyl (C=S) groups is 1. The van der Waals surface area contributed by atoms with E-state index in [9.17, 15) is 9.59 Å². The molecule has 0 aliphatic carbocycles. The van der Waals surface area contributed by atoms with Gasteiger partial charge in [-0.1, -0.05) is 39.0 Å². The van der Waals surface area contributed by atoms with Crippen molar-refractivity contribution < 1.29 is 9.59 Å². The zero-order valence-corrected chi connectivity index (χ0v) is 16.7. The first-order valence-electron chi connectivity index (χ1n) is 9.01. The van der Waals surface area contributed by atoms with Crippen molar-refractivity contribution in [1.29, 1.82) is 0 Å². The van der Waals surface area contributed by atoms with Gasteiger partial charge in [0.25, 0.3) is 5.91 Å². The Hall–Kier alpha value is -2.73. The number of hydrogen-bond donors (Lipinski definition) is 3. The highest BCUT2D eigenvalue weighted by Crippen LogP contribution is 2.16. The van der Waals surface area contributed by atoms with Crippen molar-refractivity contribution in [3.63, 3.8) is 0 Å². The summed E-state index contributed by atoms with van der Waals surface area (Å²) >= 11 is 5.22. The lowest BCUT2D eigenvalue weighted by atomic mass is 10.0. The smallest absolute Gasteiger partial charge is 0.257 e. The maximum Gasteiger partial charge on any atom is 0.257 e. The summed E-state index contributed by atoms with van der Waals surface area (Å²) in [4.78, 5) is 24.0. The molecule has 142 valence electrons. The van der Waals surface area contributed by atoms with Crippen LogP contribution >= 0.6 is 12.2 Å². The van der Waals surface area contributed by atoms with Gasteiger partial charge in [0.15, 0.2) is 5.11 Å². The summed E-state index contributed by atoms with van der Waals surface area (Å²) in [5.74, 6) is 0.112. The molecule has 0 aliphatic rings. The van der Waals surface area contributed by atoms with E-state index in [0.717, 1.165) is 6.42 Å². The van der Waals surface area contributed by atoms with Gasteiger partial charge in [-0.2, -0.15) is 0 Å². The van der Waals surface area contributed by atoms with Gasteiger partial charge in [0, 0.05) is 23.4 Å². The zero-order chi connectivity index (χ0) is 19.8. The van der Waals surface area contributed by atoms with E-state index in [1.807, 2.05) is 25.1 Å². The Bertz CT molecular complexity index is 816. The van der Waals surface area contributed by atoms with Gasteiger partial charge < -0.3 is 10.6 Å². The van der Waals surface area contributed by atoms with Crippen LogP contribution in [0.15, 0.2) is 48.5 Å². The molecule has 2 aromatic carbocycles. The van der Waals surface area contributed by atoms with Crippen LogP contribution in [0.1, 0.15) is 55.5 Å². The summed E-state index contributed by atoms with van der Waals surface area (Å²) in [5.41, 5.74) is 3.08. The Labute approximate surface area is 165 Å². The molecule has 5 nitrogen and oxygen atoms in total. The average Bonchev–Trinajstić information content (AvgIpc) is 2.62. The fourth-order valence-electron chi connectivity index (χ4n) is 2.48. The fraction of sp³-hybridized carbons (Fsp3) is 0.286. The number of anilines is 2. The summed E-state index contributed by atoms with van der Waals surface area (Å²) in [5, 5.41) is 8.66. The topological polar surface area (TPSA) is 70.2 Å². The van der Waals surface area contributed by atoms with Crippen molar-refractivity contribution in [3.8, 4) is 0 Å². The molecule has 2 aromatic rings. The van der Waals surface area contributed by atoms with Crippen LogP contribution in [-0.4, -0.2) is 16.9 Å². The first kappa shape index (κ1) is 20.6. The van der Waals surface area contributed by atoms with E-state index in [2.05, 4.69) is 29.8 Å². The summed E-state index contributed by atoms with van der Waals surface area (Å²) in [6, 6.07) is 14.6. The Kier molecular flexibility index (Phi) is 7.49. The van der Waals surface area contributed by atoms with Crippen molar-refractivity contribution in [2.75, 3.05) is 10.6 Å². The molecule has 0 fully saturated rings. The molecule has 27 heavy (non-hydrogen) atoms. The highest BCUT2D eigenvalue weighted by atomic mass is 32.1. The van der Waals surface area contributed by atoms with Crippen LogP contribution < -0.4 is 16.0 Å². The lowest BCUT2D eigenvalue weighted by Gasteiger charge is -2.12. The third-order valence-corrected chi connectivity index (χ3v) is 4.15. The standard InChI is InChI=1S/C21H25N3O2S/c1-4-6-19(25)22-17-7-5-8-18(13-17)23-21(27)24-20(26)16-11-9-15(10-12-16)14(2)3/h5,7-14H,4,6H2,1-3H3,(H,22,25)(H2,23,24,26,27). The molecule has 2 amide bonds. The van der Waals surface area contributed by atoms with E-state index in [1.54, 1.807) is 30.3 Å². The molecule has 0 aliphatic heterocycles. The van der Waals surface area contributed by atoms with Crippen LogP contribution in [0, 0.1) is 0 Å². The molecule has 0 unspecified atom stereocenters. The highest BCUT2D eigenvalue weighted by molar-refractivity contribution is 7.80. The largest absolute Gasteiger partial charge is 0.332 e. The van der Waals surface area contributed by atoms with E-state index in [-0.39, 0.29) is 16.9 Å². The van der Waals surface area contributed by atoms with E-state index < -0.39 is 0 Å². The second-order valence-electron chi connectivity index (χ2n) is 6.56. The molecular formula is C21H25N3O2S. The SMILES string of the molecule is CCCC(=O)Nc1cccc(NC(=S)NC(=O)c2ccc(C(C)C)cc2)c1. The first-order chi connectivity index (χ1) is 12.9. The summed E-state index contributed by atoms with van der Waals surface area (Å²) in [6.07, 6.45) is 1.26. The van der Waals surface area contributed by atoms with Gasteiger partial charge in [0.05, 0.1) is 0 Å². The molecule has 0 saturated heterocycles. The van der Waals surface area contributed by atoms with Crippen molar-refractivity contribution in [2.45, 2.75) is 39.5 Å². The maximum absolute atomic E-state index is 12.3. The predicted molar refractivity (Wildman–Crippen MR) is 114 cm³/mol. The number of rotatable bonds is 6. The minimum Gasteiger partial charge on any atom is -0.332 e. The summed E-state index contributed by atoms with van der Waals surface area (Å²) in [6.45, 7) is 6.16. The van der Waals surface area contributed by atoms with Crippen LogP contribution in [0.4, 0.5) is 11.4 Å². The minimum absolute atomic E-state index is 0.0321. The minimum atomic E-state index is -0.268. The lowest BCUT2D eigenvalue weighted by molar-refractivity contribution is -0.116. The molecule has 3 N–H and O–H groups in total.